The highest BCUT2D eigenvalue weighted by atomic mass is 32.2. The van der Waals surface area contributed by atoms with Crippen molar-refractivity contribution in [2.24, 2.45) is 4.99 Å². The van der Waals surface area contributed by atoms with Crippen molar-refractivity contribution in [1.82, 2.24) is 4.57 Å². The maximum absolute atomic E-state index is 12.9. The Morgan fingerprint density at radius 1 is 1.21 bits per heavy atom. The van der Waals surface area contributed by atoms with Gasteiger partial charge < -0.3 is 9.30 Å². The zero-order chi connectivity index (χ0) is 20.1. The summed E-state index contributed by atoms with van der Waals surface area (Å²) in [5, 5.41) is 0.465. The smallest absolute Gasteiger partial charge is 0.279 e. The summed E-state index contributed by atoms with van der Waals surface area (Å²) in [4.78, 5) is 20.3. The second-order valence-corrected chi connectivity index (χ2v) is 10.0. The van der Waals surface area contributed by atoms with Gasteiger partial charge in [-0.15, -0.1) is 23.5 Å². The van der Waals surface area contributed by atoms with Crippen LogP contribution in [0.2, 0.25) is 0 Å². The van der Waals surface area contributed by atoms with Gasteiger partial charge in [0.25, 0.3) is 5.91 Å². The van der Waals surface area contributed by atoms with E-state index in [0.717, 1.165) is 15.1 Å². The van der Waals surface area contributed by atoms with Gasteiger partial charge in [-0.25, -0.2) is 0 Å². The molecule has 7 heteroatoms. The van der Waals surface area contributed by atoms with E-state index >= 15 is 0 Å². The molecule has 0 aliphatic carbocycles. The zero-order valence-corrected chi connectivity index (χ0v) is 18.9. The Morgan fingerprint density at radius 3 is 2.75 bits per heavy atom. The summed E-state index contributed by atoms with van der Waals surface area (Å²) in [6, 6.07) is 14.0. The highest BCUT2D eigenvalue weighted by Gasteiger charge is 2.11. The van der Waals surface area contributed by atoms with Gasteiger partial charge in [-0.1, -0.05) is 31.3 Å². The van der Waals surface area contributed by atoms with Crippen molar-refractivity contribution in [2.45, 2.75) is 35.4 Å². The number of thioether (sulfide) groups is 2. The first-order valence-corrected chi connectivity index (χ1v) is 12.0. The molecule has 0 saturated carbocycles. The minimum Gasteiger partial charge on any atom is -0.383 e. The first-order chi connectivity index (χ1) is 13.5. The number of aromatic nitrogens is 1. The number of amides is 1. The number of hydrogen-bond donors (Lipinski definition) is 0. The molecule has 1 amide bonds. The molecule has 148 valence electrons. The van der Waals surface area contributed by atoms with E-state index < -0.39 is 0 Å². The predicted octanol–water partition coefficient (Wildman–Crippen LogP) is 5.31. The van der Waals surface area contributed by atoms with Crippen LogP contribution < -0.4 is 4.80 Å². The molecule has 0 spiro atoms. The molecule has 2 aromatic carbocycles. The van der Waals surface area contributed by atoms with Crippen molar-refractivity contribution in [1.29, 1.82) is 0 Å². The Kier molecular flexibility index (Phi) is 7.40. The molecule has 4 nitrogen and oxygen atoms in total. The van der Waals surface area contributed by atoms with Gasteiger partial charge in [0, 0.05) is 34.3 Å². The molecule has 1 heterocycles. The Labute approximate surface area is 178 Å². The molecule has 0 aliphatic rings. The number of carbonyl (C=O) groups is 1. The van der Waals surface area contributed by atoms with Gasteiger partial charge in [0.1, 0.15) is 0 Å². The van der Waals surface area contributed by atoms with Crippen LogP contribution >= 0.6 is 34.9 Å². The molecule has 0 unspecified atom stereocenters. The number of nitrogens with zero attached hydrogens (tertiary/aromatic N) is 2. The fourth-order valence-corrected chi connectivity index (χ4v) is 5.30. The first-order valence-electron chi connectivity index (χ1n) is 9.04. The van der Waals surface area contributed by atoms with Crippen molar-refractivity contribution >= 4 is 51.0 Å². The molecular formula is C21H24N2O2S3. The predicted molar refractivity (Wildman–Crippen MR) is 121 cm³/mol. The third kappa shape index (κ3) is 5.08. The summed E-state index contributed by atoms with van der Waals surface area (Å²) in [7, 11) is 1.68. The molecule has 0 atom stereocenters. The van der Waals surface area contributed by atoms with E-state index in [0.29, 0.717) is 28.8 Å². The van der Waals surface area contributed by atoms with Crippen LogP contribution in [0.5, 0.6) is 0 Å². The number of methoxy groups -OCH3 is 1. The SMILES string of the molecule is COCCn1c(=NC(=O)c2cccc(SC(C)C)c2)sc2cc(SC)ccc21. The van der Waals surface area contributed by atoms with E-state index in [4.69, 9.17) is 4.74 Å². The summed E-state index contributed by atoms with van der Waals surface area (Å²) in [6.07, 6.45) is 2.06. The molecule has 0 saturated heterocycles. The van der Waals surface area contributed by atoms with Crippen LogP contribution in [0, 0.1) is 0 Å². The molecule has 0 radical (unpaired) electrons. The average molecular weight is 433 g/mol. The van der Waals surface area contributed by atoms with Crippen LogP contribution in [-0.2, 0) is 11.3 Å². The summed E-state index contributed by atoms with van der Waals surface area (Å²) >= 11 is 4.99. The number of thiazole rings is 1. The largest absolute Gasteiger partial charge is 0.383 e. The van der Waals surface area contributed by atoms with Gasteiger partial charge in [-0.05, 0) is 42.7 Å². The lowest BCUT2D eigenvalue weighted by molar-refractivity contribution is 0.0997. The first kappa shape index (κ1) is 21.2. The molecule has 0 fully saturated rings. The lowest BCUT2D eigenvalue weighted by Crippen LogP contribution is -2.19. The van der Waals surface area contributed by atoms with Crippen LogP contribution in [0.1, 0.15) is 24.2 Å². The minimum atomic E-state index is -0.214. The average Bonchev–Trinajstić information content (AvgIpc) is 3.01. The van der Waals surface area contributed by atoms with Crippen LogP contribution in [0.15, 0.2) is 57.2 Å². The van der Waals surface area contributed by atoms with E-state index in [9.17, 15) is 4.79 Å². The Bertz CT molecular complexity index is 1040. The molecular weight excluding hydrogens is 408 g/mol. The molecule has 0 bridgehead atoms. The van der Waals surface area contributed by atoms with Crippen LogP contribution in [-0.4, -0.2) is 35.7 Å². The number of fused-ring (bicyclic) bond motifs is 1. The van der Waals surface area contributed by atoms with Crippen LogP contribution in [0.4, 0.5) is 0 Å². The summed E-state index contributed by atoms with van der Waals surface area (Å²) in [5.74, 6) is -0.214. The van der Waals surface area contributed by atoms with E-state index in [1.807, 2.05) is 24.3 Å². The Hall–Kier alpha value is -1.54. The number of ether oxygens (including phenoxy) is 1. The van der Waals surface area contributed by atoms with Gasteiger partial charge in [0.15, 0.2) is 4.80 Å². The third-order valence-corrected chi connectivity index (χ3v) is 6.82. The minimum absolute atomic E-state index is 0.214. The van der Waals surface area contributed by atoms with E-state index in [1.165, 1.54) is 4.90 Å². The van der Waals surface area contributed by atoms with E-state index in [-0.39, 0.29) is 5.91 Å². The quantitative estimate of drug-likeness (QED) is 0.474. The maximum Gasteiger partial charge on any atom is 0.279 e. The molecule has 0 aliphatic heterocycles. The van der Waals surface area contributed by atoms with Crippen molar-refractivity contribution in [2.75, 3.05) is 20.0 Å². The molecule has 3 rings (SSSR count). The summed E-state index contributed by atoms with van der Waals surface area (Å²) < 4.78 is 8.45. The highest BCUT2D eigenvalue weighted by molar-refractivity contribution is 8.00. The number of rotatable bonds is 7. The van der Waals surface area contributed by atoms with Gasteiger partial charge in [0.05, 0.1) is 16.8 Å². The normalized spacial score (nSPS) is 12.2. The van der Waals surface area contributed by atoms with Gasteiger partial charge in [0.2, 0.25) is 0 Å². The van der Waals surface area contributed by atoms with Crippen molar-refractivity contribution in [3.8, 4) is 0 Å². The zero-order valence-electron chi connectivity index (χ0n) is 16.5. The lowest BCUT2D eigenvalue weighted by atomic mass is 10.2. The second kappa shape index (κ2) is 9.78. The van der Waals surface area contributed by atoms with E-state index in [1.54, 1.807) is 42.0 Å². The van der Waals surface area contributed by atoms with Gasteiger partial charge in [-0.2, -0.15) is 4.99 Å². The summed E-state index contributed by atoms with van der Waals surface area (Å²) in [5.41, 5.74) is 1.70. The Morgan fingerprint density at radius 2 is 2.04 bits per heavy atom. The lowest BCUT2D eigenvalue weighted by Gasteiger charge is -2.06. The standard InChI is InChI=1S/C21H24N2O2S3/c1-14(2)27-17-7-5-6-15(12-17)20(24)22-21-23(10-11-25-3)18-9-8-16(26-4)13-19(18)28-21/h5-9,12-14H,10-11H2,1-4H3. The fourth-order valence-electron chi connectivity index (χ4n) is 2.79. The third-order valence-electron chi connectivity index (χ3n) is 4.06. The maximum atomic E-state index is 12.9. The molecule has 28 heavy (non-hydrogen) atoms. The topological polar surface area (TPSA) is 43.6 Å². The monoisotopic (exact) mass is 432 g/mol. The van der Waals surface area contributed by atoms with Crippen LogP contribution in [0.3, 0.4) is 0 Å². The van der Waals surface area contributed by atoms with Crippen LogP contribution in [0.25, 0.3) is 10.2 Å². The number of benzene rings is 2. The van der Waals surface area contributed by atoms with Crippen molar-refractivity contribution in [3.05, 3.63) is 52.8 Å². The Balaban J connectivity index is 2.03. The number of hydrogen-bond acceptors (Lipinski definition) is 5. The fraction of sp³-hybridized carbons (Fsp3) is 0.333. The summed E-state index contributed by atoms with van der Waals surface area (Å²) in [6.45, 7) is 5.51. The second-order valence-electron chi connectivity index (χ2n) is 6.47. The van der Waals surface area contributed by atoms with Crippen molar-refractivity contribution < 1.29 is 9.53 Å². The van der Waals surface area contributed by atoms with Gasteiger partial charge in [-0.3, -0.25) is 4.79 Å². The van der Waals surface area contributed by atoms with Crippen molar-refractivity contribution in [3.63, 3.8) is 0 Å². The molecule has 3 aromatic rings. The molecule has 0 N–H and O–H groups in total. The van der Waals surface area contributed by atoms with E-state index in [2.05, 4.69) is 47.9 Å². The van der Waals surface area contributed by atoms with Gasteiger partial charge >= 0.3 is 0 Å². The highest BCUT2D eigenvalue weighted by Crippen LogP contribution is 2.25. The molecule has 1 aromatic heterocycles. The number of carbonyl (C=O) groups excluding carboxylic acids is 1.